The lowest BCUT2D eigenvalue weighted by Gasteiger charge is -2.18. The van der Waals surface area contributed by atoms with E-state index in [1.807, 2.05) is 0 Å². The molecule has 0 bridgehead atoms. The lowest BCUT2D eigenvalue weighted by molar-refractivity contribution is -0.167. The van der Waals surface area contributed by atoms with Gasteiger partial charge < -0.3 is 14.2 Å². The second kappa shape index (κ2) is 56.2. The van der Waals surface area contributed by atoms with Crippen molar-refractivity contribution < 1.29 is 28.6 Å². The van der Waals surface area contributed by atoms with Crippen LogP contribution in [0.1, 0.15) is 316 Å². The van der Waals surface area contributed by atoms with Crippen molar-refractivity contribution >= 4 is 17.9 Å². The van der Waals surface area contributed by atoms with Crippen molar-refractivity contribution in [2.24, 2.45) is 0 Å². The Bertz CT molecular complexity index is 1130. The van der Waals surface area contributed by atoms with Gasteiger partial charge in [0.05, 0.1) is 0 Å². The molecule has 0 rings (SSSR count). The molecule has 0 aromatic carbocycles. The first kappa shape index (κ1) is 64.6. The number of esters is 3. The van der Waals surface area contributed by atoms with Crippen LogP contribution in [0.25, 0.3) is 0 Å². The van der Waals surface area contributed by atoms with Crippen molar-refractivity contribution in [1.29, 1.82) is 0 Å². The molecule has 0 aliphatic heterocycles. The number of rotatable bonds is 54. The maximum absolute atomic E-state index is 12.9. The fourth-order valence-electron chi connectivity index (χ4n) is 8.69. The van der Waals surface area contributed by atoms with Crippen LogP contribution in [0.3, 0.4) is 0 Å². The molecule has 0 spiro atoms. The first-order chi connectivity index (χ1) is 33.0. The molecule has 6 heteroatoms. The summed E-state index contributed by atoms with van der Waals surface area (Å²) in [4.78, 5) is 38.2. The highest BCUT2D eigenvalue weighted by atomic mass is 16.6. The number of allylic oxidation sites excluding steroid dienone is 6. The number of ether oxygens (including phenoxy) is 3. The second-order valence-corrected chi connectivity index (χ2v) is 19.9. The van der Waals surface area contributed by atoms with Gasteiger partial charge in [0, 0.05) is 19.3 Å². The van der Waals surface area contributed by atoms with Crippen LogP contribution in [0.15, 0.2) is 36.5 Å². The first-order valence-electron chi connectivity index (χ1n) is 29.5. The van der Waals surface area contributed by atoms with Gasteiger partial charge in [0.15, 0.2) is 6.10 Å². The minimum absolute atomic E-state index is 0.0743. The Kier molecular flexibility index (Phi) is 54.2. The zero-order chi connectivity index (χ0) is 48.6. The fraction of sp³-hybridized carbons (Fsp3) is 0.852. The molecule has 1 atom stereocenters. The molecule has 0 heterocycles. The van der Waals surface area contributed by atoms with Gasteiger partial charge in [-0.3, -0.25) is 14.4 Å². The molecule has 0 unspecified atom stereocenters. The molecule has 0 saturated heterocycles. The van der Waals surface area contributed by atoms with Gasteiger partial charge in [0.1, 0.15) is 13.2 Å². The minimum atomic E-state index is -0.777. The molecule has 6 nitrogen and oxygen atoms in total. The van der Waals surface area contributed by atoms with E-state index in [1.54, 1.807) is 0 Å². The van der Waals surface area contributed by atoms with Gasteiger partial charge in [-0.2, -0.15) is 0 Å². The molecular formula is C61H112O6. The van der Waals surface area contributed by atoms with Crippen LogP contribution >= 0.6 is 0 Å². The van der Waals surface area contributed by atoms with Gasteiger partial charge in [-0.25, -0.2) is 0 Å². The van der Waals surface area contributed by atoms with Crippen LogP contribution in [0, 0.1) is 0 Å². The summed E-state index contributed by atoms with van der Waals surface area (Å²) in [5, 5.41) is 0. The van der Waals surface area contributed by atoms with Gasteiger partial charge in [0.2, 0.25) is 0 Å². The molecule has 0 fully saturated rings. The SMILES string of the molecule is CCCCC/C=C/C/C=C/C/C=C/CCCCCCC(=O)OC[C@@H](COC(=O)CCCCCCCCCCCCCCCCCC)OC(=O)CCCCCCCCCCCCCCCCCC. The molecule has 0 aliphatic carbocycles. The van der Waals surface area contributed by atoms with E-state index in [2.05, 4.69) is 57.2 Å². The fourth-order valence-corrected chi connectivity index (χ4v) is 8.69. The average Bonchev–Trinajstić information content (AvgIpc) is 3.33. The smallest absolute Gasteiger partial charge is 0.306 e. The number of carbonyl (C=O) groups excluding carboxylic acids is 3. The molecule has 0 radical (unpaired) electrons. The highest BCUT2D eigenvalue weighted by Crippen LogP contribution is 2.17. The number of unbranched alkanes of at least 4 members (excludes halogenated alkanes) is 37. The molecule has 0 aromatic rings. The van der Waals surface area contributed by atoms with Crippen molar-refractivity contribution in [3.8, 4) is 0 Å². The van der Waals surface area contributed by atoms with E-state index in [0.717, 1.165) is 83.5 Å². The summed E-state index contributed by atoms with van der Waals surface area (Å²) in [7, 11) is 0. The standard InChI is InChI=1S/C61H112O6/c1-4-7-10-13-16-19-22-25-28-31-34-36-39-42-45-48-51-54-60(63)66-57-58(67-61(64)55-52-49-46-43-40-37-33-30-27-24-21-18-15-12-9-6-3)56-65-59(62)53-50-47-44-41-38-35-32-29-26-23-20-17-14-11-8-5-2/h16,19,25,28,34,36,58H,4-15,17-18,20-24,26-27,29-33,35,37-57H2,1-3H3/b19-16+,28-25+,36-34+/t58-/m1/s1. The Hall–Kier alpha value is -2.37. The zero-order valence-corrected chi connectivity index (χ0v) is 44.9. The molecule has 0 saturated carbocycles. The third kappa shape index (κ3) is 54.4. The number of hydrogen-bond donors (Lipinski definition) is 0. The monoisotopic (exact) mass is 941 g/mol. The van der Waals surface area contributed by atoms with E-state index in [-0.39, 0.29) is 31.1 Å². The van der Waals surface area contributed by atoms with E-state index < -0.39 is 6.10 Å². The summed E-state index contributed by atoms with van der Waals surface area (Å²) in [6, 6.07) is 0. The van der Waals surface area contributed by atoms with Crippen LogP contribution in [0.5, 0.6) is 0 Å². The normalized spacial score (nSPS) is 12.2. The van der Waals surface area contributed by atoms with Crippen LogP contribution in [-0.2, 0) is 28.6 Å². The lowest BCUT2D eigenvalue weighted by Crippen LogP contribution is -2.30. The zero-order valence-electron chi connectivity index (χ0n) is 44.9. The summed E-state index contributed by atoms with van der Waals surface area (Å²) >= 11 is 0. The van der Waals surface area contributed by atoms with Crippen molar-refractivity contribution in [2.75, 3.05) is 13.2 Å². The predicted molar refractivity (Wildman–Crippen MR) is 289 cm³/mol. The highest BCUT2D eigenvalue weighted by molar-refractivity contribution is 5.71. The minimum Gasteiger partial charge on any atom is -0.462 e. The van der Waals surface area contributed by atoms with Gasteiger partial charge in [0.25, 0.3) is 0 Å². The summed E-state index contributed by atoms with van der Waals surface area (Å²) in [5.74, 6) is -0.876. The van der Waals surface area contributed by atoms with Crippen LogP contribution in [0.2, 0.25) is 0 Å². The molecule has 0 N–H and O–H groups in total. The van der Waals surface area contributed by atoms with Crippen LogP contribution in [-0.4, -0.2) is 37.2 Å². The molecule has 0 aliphatic rings. The van der Waals surface area contributed by atoms with Gasteiger partial charge >= 0.3 is 17.9 Å². The first-order valence-corrected chi connectivity index (χ1v) is 29.5. The molecular weight excluding hydrogens is 829 g/mol. The largest absolute Gasteiger partial charge is 0.462 e. The third-order valence-corrected chi connectivity index (χ3v) is 13.1. The summed E-state index contributed by atoms with van der Waals surface area (Å²) in [5.41, 5.74) is 0. The van der Waals surface area contributed by atoms with E-state index in [1.165, 1.54) is 193 Å². The van der Waals surface area contributed by atoms with Crippen molar-refractivity contribution in [3.63, 3.8) is 0 Å². The topological polar surface area (TPSA) is 78.9 Å². The summed E-state index contributed by atoms with van der Waals surface area (Å²) in [6.07, 6.45) is 67.0. The van der Waals surface area contributed by atoms with E-state index >= 15 is 0 Å². The summed E-state index contributed by atoms with van der Waals surface area (Å²) < 4.78 is 16.9. The third-order valence-electron chi connectivity index (χ3n) is 13.1. The van der Waals surface area contributed by atoms with Gasteiger partial charge in [-0.15, -0.1) is 0 Å². The highest BCUT2D eigenvalue weighted by Gasteiger charge is 2.19. The predicted octanol–water partition coefficient (Wildman–Crippen LogP) is 19.7. The maximum Gasteiger partial charge on any atom is 0.306 e. The average molecular weight is 942 g/mol. The molecule has 392 valence electrons. The van der Waals surface area contributed by atoms with Gasteiger partial charge in [-0.05, 0) is 57.8 Å². The van der Waals surface area contributed by atoms with Crippen molar-refractivity contribution in [2.45, 2.75) is 322 Å². The van der Waals surface area contributed by atoms with Crippen molar-refractivity contribution in [3.05, 3.63) is 36.5 Å². The molecule has 0 aromatic heterocycles. The maximum atomic E-state index is 12.9. The quantitative estimate of drug-likeness (QED) is 0.0262. The molecule has 67 heavy (non-hydrogen) atoms. The van der Waals surface area contributed by atoms with E-state index in [9.17, 15) is 14.4 Å². The Morgan fingerprint density at radius 1 is 0.299 bits per heavy atom. The Morgan fingerprint density at radius 2 is 0.537 bits per heavy atom. The van der Waals surface area contributed by atoms with Crippen molar-refractivity contribution in [1.82, 2.24) is 0 Å². The van der Waals surface area contributed by atoms with Gasteiger partial charge in [-0.1, -0.05) is 276 Å². The lowest BCUT2D eigenvalue weighted by atomic mass is 10.0. The summed E-state index contributed by atoms with van der Waals surface area (Å²) in [6.45, 7) is 6.64. The van der Waals surface area contributed by atoms with E-state index in [0.29, 0.717) is 19.3 Å². The number of hydrogen-bond acceptors (Lipinski definition) is 6. The van der Waals surface area contributed by atoms with Crippen LogP contribution < -0.4 is 0 Å². The van der Waals surface area contributed by atoms with Crippen LogP contribution in [0.4, 0.5) is 0 Å². The molecule has 0 amide bonds. The van der Waals surface area contributed by atoms with E-state index in [4.69, 9.17) is 14.2 Å². The number of carbonyl (C=O) groups is 3. The second-order valence-electron chi connectivity index (χ2n) is 19.9. The Labute approximate surface area is 416 Å². The Balaban J connectivity index is 4.37. The Morgan fingerprint density at radius 3 is 0.866 bits per heavy atom.